The first kappa shape index (κ1) is 26.4. The van der Waals surface area contributed by atoms with E-state index in [0.29, 0.717) is 13.0 Å². The second-order valence-corrected chi connectivity index (χ2v) is 9.97. The molecule has 176 valence electrons. The summed E-state index contributed by atoms with van der Waals surface area (Å²) in [4.78, 5) is 6.93. The van der Waals surface area contributed by atoms with Gasteiger partial charge in [0.1, 0.15) is 11.9 Å². The van der Waals surface area contributed by atoms with Gasteiger partial charge < -0.3 is 15.0 Å². The Kier molecular flexibility index (Phi) is 11.3. The second-order valence-electron chi connectivity index (χ2n) is 7.78. The van der Waals surface area contributed by atoms with Crippen LogP contribution in [0.2, 0.25) is 0 Å². The minimum atomic E-state index is -3.13. The molecule has 1 aliphatic rings. The van der Waals surface area contributed by atoms with E-state index >= 15 is 0 Å². The first-order valence-electron chi connectivity index (χ1n) is 11.0. The minimum absolute atomic E-state index is 0. The number of benzene rings is 2. The van der Waals surface area contributed by atoms with E-state index in [1.807, 2.05) is 67.6 Å². The highest BCUT2D eigenvalue weighted by molar-refractivity contribution is 14.0. The lowest BCUT2D eigenvalue weighted by Gasteiger charge is -2.34. The molecule has 0 radical (unpaired) electrons. The molecule has 0 bridgehead atoms. The second kappa shape index (κ2) is 13.7. The van der Waals surface area contributed by atoms with Gasteiger partial charge in [-0.15, -0.1) is 24.0 Å². The molecule has 1 aliphatic heterocycles. The van der Waals surface area contributed by atoms with E-state index in [2.05, 4.69) is 15.2 Å². The fourth-order valence-electron chi connectivity index (χ4n) is 3.67. The number of ether oxygens (including phenoxy) is 1. The SMILES string of the molecule is CCNC(=NCCCS(=O)(=O)Cc1ccccc1)N1CCC(Oc2ccccc2)CC1.I. The molecule has 0 spiro atoms. The van der Waals surface area contributed by atoms with Crippen LogP contribution in [0.1, 0.15) is 31.7 Å². The number of rotatable bonds is 9. The number of nitrogens with one attached hydrogen (secondary N) is 1. The van der Waals surface area contributed by atoms with Crippen molar-refractivity contribution in [1.29, 1.82) is 0 Å². The van der Waals surface area contributed by atoms with E-state index in [1.165, 1.54) is 0 Å². The summed E-state index contributed by atoms with van der Waals surface area (Å²) in [6, 6.07) is 19.3. The number of sulfone groups is 1. The zero-order chi connectivity index (χ0) is 21.9. The lowest BCUT2D eigenvalue weighted by molar-refractivity contribution is 0.129. The van der Waals surface area contributed by atoms with Gasteiger partial charge in [-0.25, -0.2) is 8.42 Å². The smallest absolute Gasteiger partial charge is 0.193 e. The van der Waals surface area contributed by atoms with Gasteiger partial charge >= 0.3 is 0 Å². The van der Waals surface area contributed by atoms with Crippen molar-refractivity contribution in [2.45, 2.75) is 38.0 Å². The van der Waals surface area contributed by atoms with Gasteiger partial charge in [0.2, 0.25) is 0 Å². The lowest BCUT2D eigenvalue weighted by Crippen LogP contribution is -2.47. The summed E-state index contributed by atoms with van der Waals surface area (Å²) >= 11 is 0. The van der Waals surface area contributed by atoms with Crippen molar-refractivity contribution < 1.29 is 13.2 Å². The minimum Gasteiger partial charge on any atom is -0.490 e. The Labute approximate surface area is 209 Å². The standard InChI is InChI=1S/C24H33N3O3S.HI/c1-2-25-24(26-16-9-19-31(28,29)20-21-10-5-3-6-11-21)27-17-14-23(15-18-27)30-22-12-7-4-8-13-22;/h3-8,10-13,23H,2,9,14-20H2,1H3,(H,25,26);1H. The van der Waals surface area contributed by atoms with Crippen LogP contribution in [-0.4, -0.2) is 57.3 Å². The van der Waals surface area contributed by atoms with Crippen molar-refractivity contribution in [2.75, 3.05) is 31.9 Å². The first-order chi connectivity index (χ1) is 15.1. The predicted octanol–water partition coefficient (Wildman–Crippen LogP) is 4.12. The van der Waals surface area contributed by atoms with Crippen molar-refractivity contribution in [1.82, 2.24) is 10.2 Å². The summed E-state index contributed by atoms with van der Waals surface area (Å²) in [5.41, 5.74) is 0.833. The van der Waals surface area contributed by atoms with Gasteiger partial charge in [-0.2, -0.15) is 0 Å². The van der Waals surface area contributed by atoms with Crippen molar-refractivity contribution in [2.24, 2.45) is 4.99 Å². The number of aliphatic imine (C=N–C) groups is 1. The molecule has 1 N–H and O–H groups in total. The van der Waals surface area contributed by atoms with Gasteiger partial charge in [0.05, 0.1) is 11.5 Å². The fraction of sp³-hybridized carbons (Fsp3) is 0.458. The number of para-hydroxylation sites is 1. The lowest BCUT2D eigenvalue weighted by atomic mass is 10.1. The first-order valence-corrected chi connectivity index (χ1v) is 12.9. The summed E-state index contributed by atoms with van der Waals surface area (Å²) in [6.45, 7) is 5.07. The van der Waals surface area contributed by atoms with Crippen LogP contribution in [0.15, 0.2) is 65.7 Å². The molecule has 32 heavy (non-hydrogen) atoms. The molecule has 8 heteroatoms. The van der Waals surface area contributed by atoms with Gasteiger partial charge in [0, 0.05) is 39.0 Å². The average molecular weight is 572 g/mol. The van der Waals surface area contributed by atoms with Crippen LogP contribution >= 0.6 is 24.0 Å². The molecule has 0 saturated carbocycles. The largest absolute Gasteiger partial charge is 0.490 e. The van der Waals surface area contributed by atoms with Crippen molar-refractivity contribution >= 4 is 39.8 Å². The van der Waals surface area contributed by atoms with Gasteiger partial charge in [0.15, 0.2) is 15.8 Å². The molecule has 2 aromatic carbocycles. The summed E-state index contributed by atoms with van der Waals surface area (Å²) in [6.07, 6.45) is 2.61. The molecule has 3 rings (SSSR count). The van der Waals surface area contributed by atoms with E-state index in [1.54, 1.807) is 0 Å². The normalized spacial score (nSPS) is 15.2. The maximum atomic E-state index is 12.4. The number of nitrogens with zero attached hydrogens (tertiary/aromatic N) is 2. The Balaban J connectivity index is 0.00000363. The average Bonchev–Trinajstić information content (AvgIpc) is 2.78. The Morgan fingerprint density at radius 3 is 2.31 bits per heavy atom. The molecule has 0 unspecified atom stereocenters. The molecule has 2 aromatic rings. The molecule has 1 fully saturated rings. The van der Waals surface area contributed by atoms with Crippen LogP contribution in [0.25, 0.3) is 0 Å². The highest BCUT2D eigenvalue weighted by Gasteiger charge is 2.22. The van der Waals surface area contributed by atoms with Crippen molar-refractivity contribution in [3.8, 4) is 5.75 Å². The van der Waals surface area contributed by atoms with E-state index < -0.39 is 9.84 Å². The van der Waals surface area contributed by atoms with E-state index in [9.17, 15) is 8.42 Å². The number of likely N-dealkylation sites (tertiary alicyclic amines) is 1. The molecule has 1 heterocycles. The molecule has 1 saturated heterocycles. The summed E-state index contributed by atoms with van der Waals surface area (Å²) < 4.78 is 30.8. The van der Waals surface area contributed by atoms with Crippen LogP contribution in [0.5, 0.6) is 5.75 Å². The summed E-state index contributed by atoms with van der Waals surface area (Å²) in [5.74, 6) is 2.02. The van der Waals surface area contributed by atoms with Crippen LogP contribution in [0.4, 0.5) is 0 Å². The molecule has 0 amide bonds. The topological polar surface area (TPSA) is 71.0 Å². The van der Waals surface area contributed by atoms with Crippen LogP contribution < -0.4 is 10.1 Å². The Bertz CT molecular complexity index is 916. The Morgan fingerprint density at radius 1 is 1.06 bits per heavy atom. The number of guanidine groups is 1. The molecular formula is C24H34IN3O3S. The third-order valence-electron chi connectivity index (χ3n) is 5.23. The summed E-state index contributed by atoms with van der Waals surface area (Å²) in [7, 11) is -3.13. The van der Waals surface area contributed by atoms with Crippen LogP contribution in [0, 0.1) is 0 Å². The van der Waals surface area contributed by atoms with Crippen molar-refractivity contribution in [3.63, 3.8) is 0 Å². The number of piperidine rings is 1. The van der Waals surface area contributed by atoms with Crippen LogP contribution in [-0.2, 0) is 15.6 Å². The Hall–Kier alpha value is -1.81. The third-order valence-corrected chi connectivity index (χ3v) is 6.91. The highest BCUT2D eigenvalue weighted by Crippen LogP contribution is 2.18. The summed E-state index contributed by atoms with van der Waals surface area (Å²) in [5, 5.41) is 3.34. The predicted molar refractivity (Wildman–Crippen MR) is 142 cm³/mol. The zero-order valence-electron chi connectivity index (χ0n) is 18.7. The fourth-order valence-corrected chi connectivity index (χ4v) is 5.09. The maximum Gasteiger partial charge on any atom is 0.193 e. The van der Waals surface area contributed by atoms with E-state index in [0.717, 1.165) is 49.7 Å². The zero-order valence-corrected chi connectivity index (χ0v) is 21.8. The number of hydrogen-bond donors (Lipinski definition) is 1. The van der Waals surface area contributed by atoms with Gasteiger partial charge in [-0.05, 0) is 31.0 Å². The molecule has 0 aromatic heterocycles. The van der Waals surface area contributed by atoms with Gasteiger partial charge in [0.25, 0.3) is 0 Å². The maximum absolute atomic E-state index is 12.4. The van der Waals surface area contributed by atoms with E-state index in [-0.39, 0.29) is 41.6 Å². The van der Waals surface area contributed by atoms with E-state index in [4.69, 9.17) is 4.74 Å². The highest BCUT2D eigenvalue weighted by atomic mass is 127. The Morgan fingerprint density at radius 2 is 1.69 bits per heavy atom. The molecule has 0 atom stereocenters. The van der Waals surface area contributed by atoms with Gasteiger partial charge in [-0.1, -0.05) is 48.5 Å². The molecule has 0 aliphatic carbocycles. The number of halogens is 1. The third kappa shape index (κ3) is 8.97. The van der Waals surface area contributed by atoms with Crippen LogP contribution in [0.3, 0.4) is 0 Å². The molecule has 6 nitrogen and oxygen atoms in total. The van der Waals surface area contributed by atoms with Gasteiger partial charge in [-0.3, -0.25) is 4.99 Å². The molecular weight excluding hydrogens is 537 g/mol. The number of hydrogen-bond acceptors (Lipinski definition) is 4. The van der Waals surface area contributed by atoms with Crippen molar-refractivity contribution in [3.05, 3.63) is 66.2 Å². The monoisotopic (exact) mass is 571 g/mol. The quantitative estimate of drug-likeness (QED) is 0.212.